The fourth-order valence-electron chi connectivity index (χ4n) is 3.88. The maximum atomic E-state index is 13.3. The third kappa shape index (κ3) is 6.40. The van der Waals surface area contributed by atoms with E-state index in [1.807, 2.05) is 42.5 Å². The summed E-state index contributed by atoms with van der Waals surface area (Å²) in [6.07, 6.45) is 2.19. The number of nitrogens with one attached hydrogen (secondary N) is 1. The van der Waals surface area contributed by atoms with E-state index in [1.54, 1.807) is 19.1 Å². The standard InChI is InChI=1S/C24H28N2O5.CH4/c1-2-31-24(30)20(14-12-17-8-4-3-5-9-17)25-19-15-13-18-10-6-7-11-21(18)26(23(19)29)16-22(27)28;/h3-11,19-20,25H,2,12-16H2,1H3,(H,27,28);1H4/t19-,20-;/m1./s1. The monoisotopic (exact) mass is 440 g/mol. The van der Waals surface area contributed by atoms with Crippen LogP contribution in [0.1, 0.15) is 38.3 Å². The quantitative estimate of drug-likeness (QED) is 0.582. The number of hydrogen-bond donors (Lipinski definition) is 2. The first-order valence-electron chi connectivity index (χ1n) is 10.6. The molecule has 0 radical (unpaired) electrons. The minimum Gasteiger partial charge on any atom is -0.480 e. The number of amides is 1. The lowest BCUT2D eigenvalue weighted by atomic mass is 10.0. The van der Waals surface area contributed by atoms with E-state index in [-0.39, 0.29) is 19.9 Å². The molecule has 0 aromatic heterocycles. The number of fused-ring (bicyclic) bond motifs is 1. The minimum atomic E-state index is -1.09. The summed E-state index contributed by atoms with van der Waals surface area (Å²) in [4.78, 5) is 38.6. The Balaban J connectivity index is 0.00000363. The highest BCUT2D eigenvalue weighted by Gasteiger charge is 2.34. The van der Waals surface area contributed by atoms with Crippen molar-refractivity contribution < 1.29 is 24.2 Å². The zero-order valence-electron chi connectivity index (χ0n) is 17.6. The van der Waals surface area contributed by atoms with Crippen molar-refractivity contribution in [2.24, 2.45) is 0 Å². The number of carboxylic acid groups (broad SMARTS) is 1. The van der Waals surface area contributed by atoms with Crippen LogP contribution < -0.4 is 10.2 Å². The highest BCUT2D eigenvalue weighted by atomic mass is 16.5. The van der Waals surface area contributed by atoms with E-state index in [0.717, 1.165) is 11.1 Å². The van der Waals surface area contributed by atoms with Crippen molar-refractivity contribution >= 4 is 23.5 Å². The van der Waals surface area contributed by atoms with E-state index < -0.39 is 30.6 Å². The molecule has 0 aliphatic carbocycles. The number of carbonyl (C=O) groups is 3. The number of aryl methyl sites for hydroxylation is 2. The Kier molecular flexibility index (Phi) is 9.40. The molecule has 7 nitrogen and oxygen atoms in total. The van der Waals surface area contributed by atoms with Crippen molar-refractivity contribution in [2.75, 3.05) is 18.1 Å². The largest absolute Gasteiger partial charge is 0.480 e. The van der Waals surface area contributed by atoms with Gasteiger partial charge < -0.3 is 9.84 Å². The topological polar surface area (TPSA) is 95.9 Å². The first-order valence-corrected chi connectivity index (χ1v) is 10.6. The molecule has 0 saturated carbocycles. The molecule has 2 aromatic carbocycles. The van der Waals surface area contributed by atoms with E-state index in [2.05, 4.69) is 5.32 Å². The smallest absolute Gasteiger partial charge is 0.323 e. The first kappa shape index (κ1) is 25.1. The number of carboxylic acids is 1. The number of para-hydroxylation sites is 1. The first-order chi connectivity index (χ1) is 15.0. The van der Waals surface area contributed by atoms with E-state index in [0.29, 0.717) is 31.4 Å². The molecule has 2 atom stereocenters. The lowest BCUT2D eigenvalue weighted by Gasteiger charge is -2.27. The Morgan fingerprint density at radius 2 is 1.84 bits per heavy atom. The van der Waals surface area contributed by atoms with Gasteiger partial charge in [-0.1, -0.05) is 56.0 Å². The summed E-state index contributed by atoms with van der Waals surface area (Å²) in [6.45, 7) is 1.56. The maximum Gasteiger partial charge on any atom is 0.323 e. The molecule has 172 valence electrons. The summed E-state index contributed by atoms with van der Waals surface area (Å²) in [5.74, 6) is -1.84. The highest BCUT2D eigenvalue weighted by Crippen LogP contribution is 2.27. The van der Waals surface area contributed by atoms with Gasteiger partial charge in [0.25, 0.3) is 0 Å². The second-order valence-corrected chi connectivity index (χ2v) is 7.53. The third-order valence-corrected chi connectivity index (χ3v) is 5.38. The fourth-order valence-corrected chi connectivity index (χ4v) is 3.88. The molecule has 0 unspecified atom stereocenters. The minimum absolute atomic E-state index is 0. The molecule has 0 fully saturated rings. The van der Waals surface area contributed by atoms with Crippen LogP contribution in [0.4, 0.5) is 5.69 Å². The third-order valence-electron chi connectivity index (χ3n) is 5.38. The Hall–Kier alpha value is -3.19. The molecule has 1 aliphatic heterocycles. The molecule has 3 rings (SSSR count). The zero-order chi connectivity index (χ0) is 22.2. The average molecular weight is 441 g/mol. The molecule has 7 heteroatoms. The SMILES string of the molecule is C.CCOC(=O)[C@@H](CCc1ccccc1)N[C@@H]1CCc2ccccc2N(CC(=O)O)C1=O. The van der Waals surface area contributed by atoms with E-state index in [1.165, 1.54) is 4.90 Å². The number of carbonyl (C=O) groups excluding carboxylic acids is 2. The number of ether oxygens (including phenoxy) is 1. The van der Waals surface area contributed by atoms with E-state index in [9.17, 15) is 19.5 Å². The molecule has 1 amide bonds. The number of benzene rings is 2. The molecule has 1 heterocycles. The average Bonchev–Trinajstić information content (AvgIpc) is 2.89. The van der Waals surface area contributed by atoms with Crippen LogP contribution in [-0.2, 0) is 32.0 Å². The Labute approximate surface area is 189 Å². The van der Waals surface area contributed by atoms with Crippen LogP contribution in [0.25, 0.3) is 0 Å². The predicted molar refractivity (Wildman–Crippen MR) is 124 cm³/mol. The number of esters is 1. The molecule has 2 aromatic rings. The highest BCUT2D eigenvalue weighted by molar-refractivity contribution is 6.02. The molecule has 0 spiro atoms. The molecule has 1 aliphatic rings. The van der Waals surface area contributed by atoms with Gasteiger partial charge in [0.1, 0.15) is 12.6 Å². The molecule has 0 bridgehead atoms. The maximum absolute atomic E-state index is 13.3. The predicted octanol–water partition coefficient (Wildman–Crippen LogP) is 3.21. The summed E-state index contributed by atoms with van der Waals surface area (Å²) in [6, 6.07) is 15.8. The van der Waals surface area contributed by atoms with Gasteiger partial charge in [0.2, 0.25) is 5.91 Å². The van der Waals surface area contributed by atoms with Crippen LogP contribution in [0.3, 0.4) is 0 Å². The van der Waals surface area contributed by atoms with Gasteiger partial charge in [-0.25, -0.2) is 0 Å². The second-order valence-electron chi connectivity index (χ2n) is 7.53. The lowest BCUT2D eigenvalue weighted by molar-refractivity contribution is -0.146. The van der Waals surface area contributed by atoms with Gasteiger partial charge in [-0.05, 0) is 49.8 Å². The van der Waals surface area contributed by atoms with E-state index in [4.69, 9.17) is 4.74 Å². The Morgan fingerprint density at radius 3 is 2.53 bits per heavy atom. The van der Waals surface area contributed by atoms with Gasteiger partial charge in [-0.3, -0.25) is 24.6 Å². The van der Waals surface area contributed by atoms with Gasteiger partial charge in [0.05, 0.1) is 12.6 Å². The van der Waals surface area contributed by atoms with E-state index >= 15 is 0 Å². The summed E-state index contributed by atoms with van der Waals surface area (Å²) in [5, 5.41) is 12.5. The van der Waals surface area contributed by atoms with Gasteiger partial charge in [0.15, 0.2) is 0 Å². The molecule has 32 heavy (non-hydrogen) atoms. The van der Waals surface area contributed by atoms with Gasteiger partial charge in [-0.2, -0.15) is 0 Å². The second kappa shape index (κ2) is 12.0. The number of aliphatic carboxylic acids is 1. The summed E-state index contributed by atoms with van der Waals surface area (Å²) < 4.78 is 5.23. The van der Waals surface area contributed by atoms with Crippen LogP contribution in [0.15, 0.2) is 54.6 Å². The van der Waals surface area contributed by atoms with Crippen LogP contribution in [0.2, 0.25) is 0 Å². The van der Waals surface area contributed by atoms with Crippen LogP contribution in [0, 0.1) is 0 Å². The Bertz CT molecular complexity index is 916. The number of hydrogen-bond acceptors (Lipinski definition) is 5. The van der Waals surface area contributed by atoms with Crippen LogP contribution in [0.5, 0.6) is 0 Å². The zero-order valence-corrected chi connectivity index (χ0v) is 17.6. The van der Waals surface area contributed by atoms with Crippen LogP contribution >= 0.6 is 0 Å². The van der Waals surface area contributed by atoms with Crippen molar-refractivity contribution in [3.8, 4) is 0 Å². The van der Waals surface area contributed by atoms with Crippen molar-refractivity contribution in [3.05, 3.63) is 65.7 Å². The summed E-state index contributed by atoms with van der Waals surface area (Å²) in [7, 11) is 0. The number of rotatable bonds is 9. The van der Waals surface area contributed by atoms with Crippen molar-refractivity contribution in [2.45, 2.75) is 52.1 Å². The Morgan fingerprint density at radius 1 is 1.16 bits per heavy atom. The lowest BCUT2D eigenvalue weighted by Crippen LogP contribution is -2.53. The fraction of sp³-hybridized carbons (Fsp3) is 0.400. The van der Waals surface area contributed by atoms with Gasteiger partial charge >= 0.3 is 11.9 Å². The molecule has 0 saturated heterocycles. The van der Waals surface area contributed by atoms with Crippen molar-refractivity contribution in [1.29, 1.82) is 0 Å². The normalized spacial score (nSPS) is 16.3. The summed E-state index contributed by atoms with van der Waals surface area (Å²) in [5.41, 5.74) is 2.61. The number of nitrogens with zero attached hydrogens (tertiary/aromatic N) is 1. The van der Waals surface area contributed by atoms with Crippen LogP contribution in [-0.4, -0.2) is 48.2 Å². The number of anilines is 1. The molecular weight excluding hydrogens is 408 g/mol. The van der Waals surface area contributed by atoms with Crippen molar-refractivity contribution in [3.63, 3.8) is 0 Å². The summed E-state index contributed by atoms with van der Waals surface area (Å²) >= 11 is 0. The molecule has 2 N–H and O–H groups in total. The van der Waals surface area contributed by atoms with Gasteiger partial charge in [-0.15, -0.1) is 0 Å². The van der Waals surface area contributed by atoms with Gasteiger partial charge in [0, 0.05) is 5.69 Å². The molecular formula is C25H32N2O5. The van der Waals surface area contributed by atoms with Crippen molar-refractivity contribution in [1.82, 2.24) is 5.32 Å².